The number of aromatic nitrogens is 1. The highest BCUT2D eigenvalue weighted by atomic mass is 35.5. The lowest BCUT2D eigenvalue weighted by Crippen LogP contribution is -2.27. The van der Waals surface area contributed by atoms with Crippen molar-refractivity contribution in [3.8, 4) is 0 Å². The molecule has 182 valence electrons. The maximum atomic E-state index is 13.3. The van der Waals surface area contributed by atoms with Crippen molar-refractivity contribution in [2.24, 2.45) is 0 Å². The van der Waals surface area contributed by atoms with E-state index in [1.165, 1.54) is 4.90 Å². The van der Waals surface area contributed by atoms with Gasteiger partial charge in [-0.15, -0.1) is 0 Å². The minimum atomic E-state index is -0.274. The van der Waals surface area contributed by atoms with Crippen molar-refractivity contribution < 1.29 is 9.59 Å². The quantitative estimate of drug-likeness (QED) is 0.209. The Morgan fingerprint density at radius 3 is 2.38 bits per heavy atom. The number of hydrogen-bond donors (Lipinski definition) is 0. The zero-order chi connectivity index (χ0) is 25.5. The Kier molecular flexibility index (Phi) is 6.29. The van der Waals surface area contributed by atoms with Crippen molar-refractivity contribution >= 4 is 73.9 Å². The van der Waals surface area contributed by atoms with E-state index in [0.29, 0.717) is 21.5 Å². The summed E-state index contributed by atoms with van der Waals surface area (Å²) < 4.78 is 2.11. The van der Waals surface area contributed by atoms with E-state index < -0.39 is 0 Å². The fourth-order valence-corrected chi connectivity index (χ4v) is 5.88. The average Bonchev–Trinajstić information content (AvgIpc) is 3.38. The van der Waals surface area contributed by atoms with E-state index in [0.717, 1.165) is 50.1 Å². The van der Waals surface area contributed by atoms with Gasteiger partial charge in [-0.2, -0.15) is 0 Å². The maximum Gasteiger partial charge on any atom is 0.293 e. The molecular formula is C30H20Cl2N2O2S. The Balaban J connectivity index is 1.32. The summed E-state index contributed by atoms with van der Waals surface area (Å²) in [6.45, 7) is 0.830. The molecule has 4 nitrogen and oxygen atoms in total. The topological polar surface area (TPSA) is 42.3 Å². The summed E-state index contributed by atoms with van der Waals surface area (Å²) >= 11 is 13.3. The monoisotopic (exact) mass is 542 g/mol. The molecular weight excluding hydrogens is 523 g/mol. The Hall–Kier alpha value is -3.51. The van der Waals surface area contributed by atoms with Crippen LogP contribution in [0.25, 0.3) is 27.8 Å². The molecule has 5 aromatic rings. The van der Waals surface area contributed by atoms with Gasteiger partial charge in [-0.3, -0.25) is 14.5 Å². The Labute approximate surface area is 228 Å². The second-order valence-corrected chi connectivity index (χ2v) is 10.7. The lowest BCUT2D eigenvalue weighted by Gasteiger charge is -2.14. The highest BCUT2D eigenvalue weighted by Gasteiger charge is 2.35. The molecule has 6 rings (SSSR count). The Morgan fingerprint density at radius 2 is 1.54 bits per heavy atom. The van der Waals surface area contributed by atoms with Gasteiger partial charge in [0.25, 0.3) is 11.1 Å². The van der Waals surface area contributed by atoms with Crippen LogP contribution in [0.2, 0.25) is 10.0 Å². The van der Waals surface area contributed by atoms with E-state index in [1.807, 2.05) is 91.1 Å². The van der Waals surface area contributed by atoms with E-state index in [-0.39, 0.29) is 17.7 Å². The van der Waals surface area contributed by atoms with Gasteiger partial charge in [-0.1, -0.05) is 89.9 Å². The van der Waals surface area contributed by atoms with Crippen LogP contribution in [0.1, 0.15) is 16.7 Å². The number of imide groups is 1. The number of hydrogen-bond acceptors (Lipinski definition) is 3. The van der Waals surface area contributed by atoms with Crippen LogP contribution in [-0.4, -0.2) is 20.6 Å². The third-order valence-corrected chi connectivity index (χ3v) is 8.17. The molecule has 0 radical (unpaired) electrons. The number of halogens is 2. The lowest BCUT2D eigenvalue weighted by atomic mass is 10.0. The number of rotatable bonds is 5. The van der Waals surface area contributed by atoms with E-state index in [1.54, 1.807) is 6.07 Å². The summed E-state index contributed by atoms with van der Waals surface area (Å²) in [5, 5.41) is 3.89. The van der Waals surface area contributed by atoms with Crippen LogP contribution < -0.4 is 0 Å². The number of nitrogens with zero attached hydrogens (tertiary/aromatic N) is 2. The SMILES string of the molecule is O=C1S/C(=C/c2cn(Cc3ccc(Cl)c(Cl)c3)c3ccccc23)C(=O)N1Cc1cccc2ccccc12. The second-order valence-electron chi connectivity index (χ2n) is 8.88. The Bertz CT molecular complexity index is 1740. The molecule has 7 heteroatoms. The molecule has 0 unspecified atom stereocenters. The third-order valence-electron chi connectivity index (χ3n) is 6.52. The summed E-state index contributed by atoms with van der Waals surface area (Å²) in [6.07, 6.45) is 3.83. The number of para-hydroxylation sites is 1. The van der Waals surface area contributed by atoms with Crippen LogP contribution in [-0.2, 0) is 17.9 Å². The predicted octanol–water partition coefficient (Wildman–Crippen LogP) is 8.39. The van der Waals surface area contributed by atoms with Crippen LogP contribution in [0.4, 0.5) is 4.79 Å². The highest BCUT2D eigenvalue weighted by molar-refractivity contribution is 8.18. The van der Waals surface area contributed by atoms with Crippen LogP contribution >= 0.6 is 35.0 Å². The zero-order valence-electron chi connectivity index (χ0n) is 19.5. The second kappa shape index (κ2) is 9.75. The molecule has 1 fully saturated rings. The van der Waals surface area contributed by atoms with Gasteiger partial charge >= 0.3 is 0 Å². The molecule has 1 aromatic heterocycles. The van der Waals surface area contributed by atoms with Crippen molar-refractivity contribution in [3.63, 3.8) is 0 Å². The molecule has 1 aliphatic rings. The van der Waals surface area contributed by atoms with Crippen molar-refractivity contribution in [3.05, 3.63) is 123 Å². The standard InChI is InChI=1S/C30H20Cl2N2O2S/c31-25-13-12-19(14-26(25)32)16-33-17-22(24-10-3-4-11-27(24)33)15-28-29(35)34(30(36)37-28)18-21-8-5-7-20-6-1-2-9-23(20)21/h1-15,17H,16,18H2/b28-15+. The largest absolute Gasteiger partial charge is 0.342 e. The number of benzene rings is 4. The van der Waals surface area contributed by atoms with E-state index in [4.69, 9.17) is 23.2 Å². The van der Waals surface area contributed by atoms with E-state index >= 15 is 0 Å². The van der Waals surface area contributed by atoms with Gasteiger partial charge in [-0.25, -0.2) is 0 Å². The van der Waals surface area contributed by atoms with Crippen LogP contribution in [0.15, 0.2) is 96.0 Å². The minimum absolute atomic E-state index is 0.239. The third kappa shape index (κ3) is 4.55. The van der Waals surface area contributed by atoms with Gasteiger partial charge < -0.3 is 4.57 Å². The van der Waals surface area contributed by atoms with Gasteiger partial charge in [0.15, 0.2) is 0 Å². The van der Waals surface area contributed by atoms with Crippen molar-refractivity contribution in [2.45, 2.75) is 13.1 Å². The average molecular weight is 543 g/mol. The molecule has 0 saturated carbocycles. The minimum Gasteiger partial charge on any atom is -0.342 e. The van der Waals surface area contributed by atoms with Gasteiger partial charge in [0.1, 0.15) is 0 Å². The Morgan fingerprint density at radius 1 is 0.784 bits per heavy atom. The maximum absolute atomic E-state index is 13.3. The molecule has 0 N–H and O–H groups in total. The first-order valence-electron chi connectivity index (χ1n) is 11.7. The number of fused-ring (bicyclic) bond motifs is 2. The summed E-state index contributed by atoms with van der Waals surface area (Å²) in [5.41, 5.74) is 3.86. The summed E-state index contributed by atoms with van der Waals surface area (Å²) in [4.78, 5) is 28.0. The molecule has 0 atom stereocenters. The van der Waals surface area contributed by atoms with E-state index in [9.17, 15) is 9.59 Å². The number of carbonyl (C=O) groups excluding carboxylic acids is 2. The first-order valence-corrected chi connectivity index (χ1v) is 13.3. The van der Waals surface area contributed by atoms with Crippen LogP contribution in [0.3, 0.4) is 0 Å². The molecule has 1 saturated heterocycles. The van der Waals surface area contributed by atoms with Crippen LogP contribution in [0, 0.1) is 0 Å². The molecule has 1 aliphatic heterocycles. The number of amides is 2. The van der Waals surface area contributed by atoms with Gasteiger partial charge in [0, 0.05) is 29.2 Å². The first-order chi connectivity index (χ1) is 18.0. The highest BCUT2D eigenvalue weighted by Crippen LogP contribution is 2.36. The van der Waals surface area contributed by atoms with Gasteiger partial charge in [0.2, 0.25) is 0 Å². The summed E-state index contributed by atoms with van der Waals surface area (Å²) in [7, 11) is 0. The van der Waals surface area contributed by atoms with Gasteiger partial charge in [-0.05, 0) is 57.9 Å². The molecule has 0 spiro atoms. The zero-order valence-corrected chi connectivity index (χ0v) is 21.9. The van der Waals surface area contributed by atoms with Crippen LogP contribution in [0.5, 0.6) is 0 Å². The fourth-order valence-electron chi connectivity index (χ4n) is 4.73. The first kappa shape index (κ1) is 23.9. The molecule has 4 aromatic carbocycles. The predicted molar refractivity (Wildman–Crippen MR) is 153 cm³/mol. The molecule has 37 heavy (non-hydrogen) atoms. The lowest BCUT2D eigenvalue weighted by molar-refractivity contribution is -0.123. The number of thioether (sulfide) groups is 1. The summed E-state index contributed by atoms with van der Waals surface area (Å²) in [6, 6.07) is 27.5. The molecule has 0 aliphatic carbocycles. The molecule has 0 bridgehead atoms. The molecule has 2 amide bonds. The van der Waals surface area contributed by atoms with Crippen molar-refractivity contribution in [1.29, 1.82) is 0 Å². The van der Waals surface area contributed by atoms with E-state index in [2.05, 4.69) is 4.57 Å². The normalized spacial score (nSPS) is 15.0. The number of carbonyl (C=O) groups is 2. The summed E-state index contributed by atoms with van der Waals surface area (Å²) in [5.74, 6) is -0.274. The smallest absolute Gasteiger partial charge is 0.293 e. The molecule has 2 heterocycles. The van der Waals surface area contributed by atoms with Crippen molar-refractivity contribution in [1.82, 2.24) is 9.47 Å². The van der Waals surface area contributed by atoms with Crippen molar-refractivity contribution in [2.75, 3.05) is 0 Å². The fraction of sp³-hybridized carbons (Fsp3) is 0.0667. The van der Waals surface area contributed by atoms with Gasteiger partial charge in [0.05, 0.1) is 21.5 Å².